The minimum Gasteiger partial charge on any atom is -0.493 e. The highest BCUT2D eigenvalue weighted by Crippen LogP contribution is 2.30. The maximum absolute atomic E-state index is 6.32. The summed E-state index contributed by atoms with van der Waals surface area (Å²) in [6.45, 7) is 4.93. The van der Waals surface area contributed by atoms with E-state index >= 15 is 0 Å². The summed E-state index contributed by atoms with van der Waals surface area (Å²) >= 11 is 0. The lowest BCUT2D eigenvalue weighted by Crippen LogP contribution is -2.37. The monoisotopic (exact) mass is 233 g/mol. The Morgan fingerprint density at radius 2 is 1.76 bits per heavy atom. The molecule has 0 radical (unpaired) electrons. The molecule has 2 rings (SSSR count). The Labute approximate surface area is 104 Å². The van der Waals surface area contributed by atoms with E-state index in [-0.39, 0.29) is 5.54 Å². The van der Waals surface area contributed by atoms with Crippen molar-refractivity contribution in [1.29, 1.82) is 0 Å². The topological polar surface area (TPSA) is 35.2 Å². The second-order valence-electron chi connectivity index (χ2n) is 5.39. The maximum atomic E-state index is 6.32. The van der Waals surface area contributed by atoms with Crippen LogP contribution in [-0.2, 0) is 0 Å². The molecule has 2 heteroatoms. The third-order valence-corrected chi connectivity index (χ3v) is 3.85. The van der Waals surface area contributed by atoms with E-state index in [1.807, 2.05) is 0 Å². The molecule has 1 aliphatic rings. The van der Waals surface area contributed by atoms with Crippen molar-refractivity contribution in [3.63, 3.8) is 0 Å². The predicted octanol–water partition coefficient (Wildman–Crippen LogP) is 3.34. The molecule has 0 aliphatic heterocycles. The summed E-state index contributed by atoms with van der Waals surface area (Å²) in [5.74, 6) is 1.04. The lowest BCUT2D eigenvalue weighted by Gasteiger charge is -2.23. The first-order valence-corrected chi connectivity index (χ1v) is 6.59. The van der Waals surface area contributed by atoms with Crippen LogP contribution < -0.4 is 10.5 Å². The molecule has 1 aliphatic carbocycles. The fourth-order valence-electron chi connectivity index (χ4n) is 2.71. The van der Waals surface area contributed by atoms with Crippen molar-refractivity contribution in [1.82, 2.24) is 0 Å². The Bertz CT molecular complexity index is 360. The van der Waals surface area contributed by atoms with Gasteiger partial charge in [-0.3, -0.25) is 0 Å². The Morgan fingerprint density at radius 1 is 1.18 bits per heavy atom. The van der Waals surface area contributed by atoms with Gasteiger partial charge < -0.3 is 10.5 Å². The van der Waals surface area contributed by atoms with Crippen LogP contribution in [0.15, 0.2) is 18.2 Å². The average molecular weight is 233 g/mol. The molecular formula is C15H23NO. The summed E-state index contributed by atoms with van der Waals surface area (Å²) in [6.07, 6.45) is 5.84. The van der Waals surface area contributed by atoms with Gasteiger partial charge in [0.1, 0.15) is 5.75 Å². The maximum Gasteiger partial charge on any atom is 0.125 e. The van der Waals surface area contributed by atoms with Crippen LogP contribution in [0.25, 0.3) is 0 Å². The molecule has 0 saturated heterocycles. The molecule has 0 unspecified atom stereocenters. The van der Waals surface area contributed by atoms with E-state index in [1.54, 1.807) is 0 Å². The Balaban J connectivity index is 1.90. The molecular weight excluding hydrogens is 210 g/mol. The first-order valence-electron chi connectivity index (χ1n) is 6.59. The first kappa shape index (κ1) is 12.4. The van der Waals surface area contributed by atoms with Gasteiger partial charge in [-0.2, -0.15) is 0 Å². The third-order valence-electron chi connectivity index (χ3n) is 3.85. The lowest BCUT2D eigenvalue weighted by molar-refractivity contribution is 0.256. The minimum absolute atomic E-state index is 0.0383. The SMILES string of the molecule is Cc1cccc(C)c1OCCC1(N)CCCC1. The van der Waals surface area contributed by atoms with Crippen molar-refractivity contribution in [2.45, 2.75) is 51.5 Å². The van der Waals surface area contributed by atoms with Crippen molar-refractivity contribution in [2.24, 2.45) is 5.73 Å². The average Bonchev–Trinajstić information content (AvgIpc) is 2.70. The normalized spacial score (nSPS) is 18.3. The van der Waals surface area contributed by atoms with Gasteiger partial charge in [0, 0.05) is 5.54 Å². The number of hydrogen-bond acceptors (Lipinski definition) is 2. The van der Waals surface area contributed by atoms with Gasteiger partial charge in [0.15, 0.2) is 0 Å². The van der Waals surface area contributed by atoms with Gasteiger partial charge in [-0.15, -0.1) is 0 Å². The fourth-order valence-corrected chi connectivity index (χ4v) is 2.71. The van der Waals surface area contributed by atoms with E-state index in [9.17, 15) is 0 Å². The summed E-state index contributed by atoms with van der Waals surface area (Å²) in [5.41, 5.74) is 8.78. The lowest BCUT2D eigenvalue weighted by atomic mass is 9.95. The molecule has 0 bridgehead atoms. The molecule has 0 amide bonds. The zero-order chi connectivity index (χ0) is 12.3. The van der Waals surface area contributed by atoms with Gasteiger partial charge in [0.25, 0.3) is 0 Å². The highest BCUT2D eigenvalue weighted by Gasteiger charge is 2.28. The molecule has 94 valence electrons. The Hall–Kier alpha value is -1.02. The van der Waals surface area contributed by atoms with Gasteiger partial charge in [-0.1, -0.05) is 31.0 Å². The first-order chi connectivity index (χ1) is 8.11. The number of benzene rings is 1. The van der Waals surface area contributed by atoms with Crippen molar-refractivity contribution in [3.8, 4) is 5.75 Å². The number of ether oxygens (including phenoxy) is 1. The van der Waals surface area contributed by atoms with Crippen LogP contribution in [0.2, 0.25) is 0 Å². The van der Waals surface area contributed by atoms with Gasteiger partial charge in [0.2, 0.25) is 0 Å². The summed E-state index contributed by atoms with van der Waals surface area (Å²) in [4.78, 5) is 0. The molecule has 1 fully saturated rings. The highest BCUT2D eigenvalue weighted by atomic mass is 16.5. The molecule has 2 nitrogen and oxygen atoms in total. The van der Waals surface area contributed by atoms with E-state index in [0.717, 1.165) is 31.6 Å². The number of aryl methyl sites for hydroxylation is 2. The molecule has 0 aromatic heterocycles. The smallest absolute Gasteiger partial charge is 0.125 e. The summed E-state index contributed by atoms with van der Waals surface area (Å²) in [5, 5.41) is 0. The van der Waals surface area contributed by atoms with E-state index in [0.29, 0.717) is 0 Å². The molecule has 0 atom stereocenters. The zero-order valence-electron chi connectivity index (χ0n) is 11.0. The van der Waals surface area contributed by atoms with Crippen LogP contribution >= 0.6 is 0 Å². The van der Waals surface area contributed by atoms with Crippen LogP contribution in [-0.4, -0.2) is 12.1 Å². The number of hydrogen-bond donors (Lipinski definition) is 1. The summed E-state index contributed by atoms with van der Waals surface area (Å²) < 4.78 is 5.91. The van der Waals surface area contributed by atoms with Crippen molar-refractivity contribution < 1.29 is 4.74 Å². The van der Waals surface area contributed by atoms with Gasteiger partial charge in [-0.25, -0.2) is 0 Å². The molecule has 1 aromatic carbocycles. The van der Waals surface area contributed by atoms with Crippen LogP contribution in [0.5, 0.6) is 5.75 Å². The molecule has 1 aromatic rings. The van der Waals surface area contributed by atoms with Gasteiger partial charge in [-0.05, 0) is 44.2 Å². The fraction of sp³-hybridized carbons (Fsp3) is 0.600. The van der Waals surface area contributed by atoms with E-state index < -0.39 is 0 Å². The molecule has 2 N–H and O–H groups in total. The van der Waals surface area contributed by atoms with Crippen LogP contribution in [0.3, 0.4) is 0 Å². The summed E-state index contributed by atoms with van der Waals surface area (Å²) in [6, 6.07) is 6.26. The molecule has 17 heavy (non-hydrogen) atoms. The standard InChI is InChI=1S/C15H23NO/c1-12-6-5-7-13(2)14(12)17-11-10-15(16)8-3-4-9-15/h5-7H,3-4,8-11,16H2,1-2H3. The third kappa shape index (κ3) is 3.01. The Kier molecular flexibility index (Phi) is 3.72. The van der Waals surface area contributed by atoms with Crippen LogP contribution in [0, 0.1) is 13.8 Å². The number of rotatable bonds is 4. The second-order valence-corrected chi connectivity index (χ2v) is 5.39. The van der Waals surface area contributed by atoms with Crippen molar-refractivity contribution in [2.75, 3.05) is 6.61 Å². The molecule has 1 saturated carbocycles. The van der Waals surface area contributed by atoms with Gasteiger partial charge >= 0.3 is 0 Å². The summed E-state index contributed by atoms with van der Waals surface area (Å²) in [7, 11) is 0. The van der Waals surface area contributed by atoms with Crippen LogP contribution in [0.4, 0.5) is 0 Å². The molecule has 0 heterocycles. The minimum atomic E-state index is 0.0383. The van der Waals surface area contributed by atoms with Gasteiger partial charge in [0.05, 0.1) is 6.61 Å². The van der Waals surface area contributed by atoms with E-state index in [1.165, 1.54) is 24.0 Å². The Morgan fingerprint density at radius 3 is 2.35 bits per heavy atom. The quantitative estimate of drug-likeness (QED) is 0.865. The van der Waals surface area contributed by atoms with Crippen molar-refractivity contribution in [3.05, 3.63) is 29.3 Å². The number of nitrogens with two attached hydrogens (primary N) is 1. The number of para-hydroxylation sites is 1. The largest absolute Gasteiger partial charge is 0.493 e. The van der Waals surface area contributed by atoms with Crippen LogP contribution in [0.1, 0.15) is 43.2 Å². The zero-order valence-corrected chi connectivity index (χ0v) is 11.0. The highest BCUT2D eigenvalue weighted by molar-refractivity contribution is 5.39. The molecule has 0 spiro atoms. The van der Waals surface area contributed by atoms with E-state index in [2.05, 4.69) is 32.0 Å². The second kappa shape index (κ2) is 5.09. The van der Waals surface area contributed by atoms with E-state index in [4.69, 9.17) is 10.5 Å². The predicted molar refractivity (Wildman–Crippen MR) is 71.4 cm³/mol. The van der Waals surface area contributed by atoms with Crippen molar-refractivity contribution >= 4 is 0 Å².